The number of aromatic nitrogens is 6. The van der Waals surface area contributed by atoms with Gasteiger partial charge in [0.1, 0.15) is 17.4 Å². The van der Waals surface area contributed by atoms with Crippen LogP contribution in [0.4, 0.5) is 23.2 Å². The highest BCUT2D eigenvalue weighted by molar-refractivity contribution is 6.05. The first-order chi connectivity index (χ1) is 16.1. The number of nitrogens with one attached hydrogen (secondary N) is 1. The first kappa shape index (κ1) is 22.6. The van der Waals surface area contributed by atoms with Crippen LogP contribution in [-0.2, 0) is 6.18 Å². The van der Waals surface area contributed by atoms with Crippen molar-refractivity contribution in [1.29, 1.82) is 5.26 Å². The molecule has 0 bridgehead atoms. The molecule has 1 aromatic carbocycles. The number of benzene rings is 1. The van der Waals surface area contributed by atoms with Crippen molar-refractivity contribution in [1.82, 2.24) is 29.8 Å². The van der Waals surface area contributed by atoms with Gasteiger partial charge in [-0.15, -0.1) is 4.80 Å². The van der Waals surface area contributed by atoms with Crippen LogP contribution in [0.15, 0.2) is 43.0 Å². The highest BCUT2D eigenvalue weighted by Gasteiger charge is 2.41. The molecular formula is C21H14F4N8O. The molecule has 0 spiro atoms. The number of nitrogens with zero attached hydrogens (tertiary/aromatic N) is 7. The largest absolute Gasteiger partial charge is 0.434 e. The molecule has 172 valence electrons. The summed E-state index contributed by atoms with van der Waals surface area (Å²) in [7, 11) is 0. The van der Waals surface area contributed by atoms with Gasteiger partial charge < -0.3 is 5.32 Å². The van der Waals surface area contributed by atoms with E-state index in [1.807, 2.05) is 6.07 Å². The van der Waals surface area contributed by atoms with Gasteiger partial charge in [-0.05, 0) is 43.2 Å². The van der Waals surface area contributed by atoms with Crippen molar-refractivity contribution in [2.75, 3.05) is 5.32 Å². The van der Waals surface area contributed by atoms with Crippen molar-refractivity contribution >= 4 is 11.6 Å². The Labute approximate surface area is 189 Å². The Morgan fingerprint density at radius 1 is 1.09 bits per heavy atom. The summed E-state index contributed by atoms with van der Waals surface area (Å²) >= 11 is 0. The molecule has 0 aliphatic carbocycles. The monoisotopic (exact) mass is 470 g/mol. The van der Waals surface area contributed by atoms with E-state index in [1.54, 1.807) is 0 Å². The molecular weight excluding hydrogens is 456 g/mol. The van der Waals surface area contributed by atoms with Crippen LogP contribution in [0.3, 0.4) is 0 Å². The lowest BCUT2D eigenvalue weighted by Gasteiger charge is -2.15. The molecule has 34 heavy (non-hydrogen) atoms. The summed E-state index contributed by atoms with van der Waals surface area (Å²) in [6, 6.07) is 5.30. The normalized spacial score (nSPS) is 11.3. The molecule has 13 heteroatoms. The standard InChI is InChI=1S/C21H14F4N8O/c1-11-12(2)17(4-3-16(11)22)32-18(21(23,24)25)15(10-30-32)20(34)31-14-7-13(8-26)19(27-9-14)33-28-5-6-29-33/h3-7,9-10H,1-2H3,(H,31,34). The molecule has 4 rings (SSSR count). The zero-order valence-electron chi connectivity index (χ0n) is 17.6. The number of carbonyl (C=O) groups excluding carboxylic acids is 1. The Hall–Kier alpha value is -4.60. The van der Waals surface area contributed by atoms with E-state index in [9.17, 15) is 27.6 Å². The van der Waals surface area contributed by atoms with E-state index >= 15 is 0 Å². The predicted octanol–water partition coefficient (Wildman–Crippen LogP) is 3.75. The van der Waals surface area contributed by atoms with Crippen molar-refractivity contribution in [2.24, 2.45) is 0 Å². The van der Waals surface area contributed by atoms with Crippen LogP contribution >= 0.6 is 0 Å². The third-order valence-electron chi connectivity index (χ3n) is 5.06. The zero-order valence-corrected chi connectivity index (χ0v) is 17.6. The molecule has 3 heterocycles. The molecule has 0 saturated heterocycles. The van der Waals surface area contributed by atoms with Gasteiger partial charge in [-0.25, -0.2) is 14.1 Å². The number of rotatable bonds is 4. The summed E-state index contributed by atoms with van der Waals surface area (Å²) in [5.74, 6) is -1.61. The lowest BCUT2D eigenvalue weighted by molar-refractivity contribution is -0.143. The van der Waals surface area contributed by atoms with E-state index < -0.39 is 29.2 Å². The Morgan fingerprint density at radius 3 is 2.44 bits per heavy atom. The van der Waals surface area contributed by atoms with Gasteiger partial charge in [0.25, 0.3) is 5.91 Å². The van der Waals surface area contributed by atoms with E-state index in [2.05, 4.69) is 25.6 Å². The molecule has 1 N–H and O–H groups in total. The van der Waals surface area contributed by atoms with E-state index in [1.165, 1.54) is 32.3 Å². The minimum atomic E-state index is -4.95. The SMILES string of the molecule is Cc1c(F)ccc(-n2ncc(C(=O)Nc3cnc(-n4nccn4)c(C#N)c3)c2C(F)(F)F)c1C. The van der Waals surface area contributed by atoms with E-state index in [4.69, 9.17) is 0 Å². The molecule has 0 radical (unpaired) electrons. The fraction of sp³-hybridized carbons (Fsp3) is 0.143. The maximum Gasteiger partial charge on any atom is 0.434 e. The van der Waals surface area contributed by atoms with Crippen LogP contribution in [0.5, 0.6) is 0 Å². The van der Waals surface area contributed by atoms with Crippen LogP contribution in [0.25, 0.3) is 11.5 Å². The number of carbonyl (C=O) groups is 1. The fourth-order valence-corrected chi connectivity index (χ4v) is 3.26. The number of anilines is 1. The third kappa shape index (κ3) is 3.96. The van der Waals surface area contributed by atoms with Gasteiger partial charge in [0.05, 0.1) is 41.7 Å². The van der Waals surface area contributed by atoms with Crippen molar-refractivity contribution in [3.63, 3.8) is 0 Å². The second-order valence-corrected chi connectivity index (χ2v) is 7.11. The van der Waals surface area contributed by atoms with Gasteiger partial charge in [-0.1, -0.05) is 0 Å². The number of hydrogen-bond donors (Lipinski definition) is 1. The van der Waals surface area contributed by atoms with Crippen molar-refractivity contribution in [3.8, 4) is 17.6 Å². The van der Waals surface area contributed by atoms with Crippen LogP contribution < -0.4 is 5.32 Å². The highest BCUT2D eigenvalue weighted by atomic mass is 19.4. The molecule has 9 nitrogen and oxygen atoms in total. The highest BCUT2D eigenvalue weighted by Crippen LogP contribution is 2.35. The summed E-state index contributed by atoms with van der Waals surface area (Å²) in [5.41, 5.74) is -1.74. The van der Waals surface area contributed by atoms with Crippen molar-refractivity contribution < 1.29 is 22.4 Å². The van der Waals surface area contributed by atoms with Crippen LogP contribution in [0.2, 0.25) is 0 Å². The first-order valence-electron chi connectivity index (χ1n) is 9.61. The average Bonchev–Trinajstić information content (AvgIpc) is 3.47. The number of alkyl halides is 3. The van der Waals surface area contributed by atoms with E-state index in [0.717, 1.165) is 29.3 Å². The minimum Gasteiger partial charge on any atom is -0.320 e. The molecule has 4 aromatic rings. The Bertz CT molecular complexity index is 1430. The summed E-state index contributed by atoms with van der Waals surface area (Å²) in [5, 5.41) is 23.2. The molecule has 0 fully saturated rings. The van der Waals surface area contributed by atoms with Crippen molar-refractivity contribution in [3.05, 3.63) is 76.8 Å². The van der Waals surface area contributed by atoms with Crippen LogP contribution in [0.1, 0.15) is 32.7 Å². The predicted molar refractivity (Wildman–Crippen MR) is 110 cm³/mol. The molecule has 0 unspecified atom stereocenters. The van der Waals surface area contributed by atoms with Gasteiger partial charge in [0, 0.05) is 0 Å². The smallest absolute Gasteiger partial charge is 0.320 e. The fourth-order valence-electron chi connectivity index (χ4n) is 3.26. The summed E-state index contributed by atoms with van der Waals surface area (Å²) in [4.78, 5) is 17.9. The molecule has 0 saturated carbocycles. The Morgan fingerprint density at radius 2 is 1.79 bits per heavy atom. The van der Waals surface area contributed by atoms with Gasteiger partial charge in [-0.2, -0.15) is 33.7 Å². The van der Waals surface area contributed by atoms with Gasteiger partial charge in [0.2, 0.25) is 0 Å². The van der Waals surface area contributed by atoms with Crippen LogP contribution in [-0.4, -0.2) is 35.7 Å². The summed E-state index contributed by atoms with van der Waals surface area (Å²) in [6.45, 7) is 2.89. The van der Waals surface area contributed by atoms with Crippen molar-refractivity contribution in [2.45, 2.75) is 20.0 Å². The number of halogens is 4. The van der Waals surface area contributed by atoms with Crippen LogP contribution in [0, 0.1) is 31.0 Å². The maximum atomic E-state index is 14.0. The van der Waals surface area contributed by atoms with E-state index in [0.29, 0.717) is 4.68 Å². The Kier molecular flexibility index (Phi) is 5.58. The molecule has 1 amide bonds. The lowest BCUT2D eigenvalue weighted by Crippen LogP contribution is -2.21. The molecule has 0 atom stereocenters. The molecule has 0 aliphatic rings. The van der Waals surface area contributed by atoms with Gasteiger partial charge in [-0.3, -0.25) is 4.79 Å². The topological polar surface area (TPSA) is 114 Å². The van der Waals surface area contributed by atoms with E-state index in [-0.39, 0.29) is 33.9 Å². The number of pyridine rings is 1. The quantitative estimate of drug-likeness (QED) is 0.455. The number of nitriles is 1. The molecule has 0 aliphatic heterocycles. The Balaban J connectivity index is 1.73. The molecule has 3 aromatic heterocycles. The second kappa shape index (κ2) is 8.39. The average molecular weight is 470 g/mol. The third-order valence-corrected chi connectivity index (χ3v) is 5.06. The first-order valence-corrected chi connectivity index (χ1v) is 9.61. The minimum absolute atomic E-state index is 0.0156. The number of hydrogen-bond acceptors (Lipinski definition) is 6. The number of amides is 1. The van der Waals surface area contributed by atoms with Gasteiger partial charge in [0.15, 0.2) is 11.5 Å². The maximum absolute atomic E-state index is 14.0. The summed E-state index contributed by atoms with van der Waals surface area (Å²) < 4.78 is 56.3. The summed E-state index contributed by atoms with van der Waals surface area (Å²) in [6.07, 6.45) is -0.276. The zero-order chi connectivity index (χ0) is 24.6. The van der Waals surface area contributed by atoms with Gasteiger partial charge >= 0.3 is 6.18 Å². The second-order valence-electron chi connectivity index (χ2n) is 7.11. The lowest BCUT2D eigenvalue weighted by atomic mass is 10.1.